The normalized spacial score (nSPS) is 10.6. The van der Waals surface area contributed by atoms with Crippen LogP contribution in [0.3, 0.4) is 0 Å². The summed E-state index contributed by atoms with van der Waals surface area (Å²) in [6, 6.07) is 25.7. The molecule has 3 aromatic rings. The van der Waals surface area contributed by atoms with E-state index in [1.165, 1.54) is 0 Å². The van der Waals surface area contributed by atoms with Gasteiger partial charge >= 0.3 is 5.97 Å². The largest absolute Gasteiger partial charge is 0.462 e. The smallest absolute Gasteiger partial charge is 0.338 e. The molecule has 0 bridgehead atoms. The van der Waals surface area contributed by atoms with Crippen molar-refractivity contribution < 1.29 is 14.3 Å². The fourth-order valence-corrected chi connectivity index (χ4v) is 3.16. The van der Waals surface area contributed by atoms with Gasteiger partial charge in [0.2, 0.25) is 0 Å². The van der Waals surface area contributed by atoms with Gasteiger partial charge in [0, 0.05) is 16.9 Å². The van der Waals surface area contributed by atoms with Gasteiger partial charge in [0.05, 0.1) is 12.2 Å². The van der Waals surface area contributed by atoms with Gasteiger partial charge in [0.1, 0.15) is 0 Å². The zero-order valence-electron chi connectivity index (χ0n) is 17.5. The summed E-state index contributed by atoms with van der Waals surface area (Å²) in [5, 5.41) is 0. The van der Waals surface area contributed by atoms with Crippen LogP contribution in [0.25, 0.3) is 0 Å². The van der Waals surface area contributed by atoms with Crippen LogP contribution in [0.2, 0.25) is 0 Å². The highest BCUT2D eigenvalue weighted by molar-refractivity contribution is 6.11. The lowest BCUT2D eigenvalue weighted by molar-refractivity contribution is 0.0494. The van der Waals surface area contributed by atoms with Crippen molar-refractivity contribution in [2.75, 3.05) is 11.5 Å². The Hall–Kier alpha value is -3.40. The molecule has 3 rings (SSSR count). The van der Waals surface area contributed by atoms with Crippen LogP contribution in [0.5, 0.6) is 0 Å². The average molecular weight is 402 g/mol. The van der Waals surface area contributed by atoms with Crippen LogP contribution in [0.4, 0.5) is 11.4 Å². The van der Waals surface area contributed by atoms with Crippen molar-refractivity contribution in [2.24, 2.45) is 5.92 Å². The first-order valence-corrected chi connectivity index (χ1v) is 10.3. The molecule has 154 valence electrons. The first-order valence-electron chi connectivity index (χ1n) is 10.3. The monoisotopic (exact) mass is 401 g/mol. The van der Waals surface area contributed by atoms with Gasteiger partial charge in [-0.1, -0.05) is 50.2 Å². The highest BCUT2D eigenvalue weighted by atomic mass is 16.5. The summed E-state index contributed by atoms with van der Waals surface area (Å²) in [5.74, 6) is 0.0659. The maximum atomic E-state index is 13.3. The first kappa shape index (κ1) is 21.3. The molecule has 0 unspecified atom stereocenters. The second-order valence-electron chi connectivity index (χ2n) is 7.56. The van der Waals surface area contributed by atoms with Crippen LogP contribution in [0.15, 0.2) is 84.9 Å². The van der Waals surface area contributed by atoms with E-state index in [-0.39, 0.29) is 11.9 Å². The maximum absolute atomic E-state index is 13.3. The van der Waals surface area contributed by atoms with Crippen LogP contribution in [-0.4, -0.2) is 18.5 Å². The van der Waals surface area contributed by atoms with Gasteiger partial charge in [-0.05, 0) is 67.3 Å². The number of para-hydroxylation sites is 2. The lowest BCUT2D eigenvalue weighted by Crippen LogP contribution is -2.25. The highest BCUT2D eigenvalue weighted by Crippen LogP contribution is 2.27. The lowest BCUT2D eigenvalue weighted by atomic mass is 10.1. The maximum Gasteiger partial charge on any atom is 0.338 e. The van der Waals surface area contributed by atoms with E-state index < -0.39 is 0 Å². The second-order valence-corrected chi connectivity index (χ2v) is 7.56. The van der Waals surface area contributed by atoms with Gasteiger partial charge in [-0.25, -0.2) is 4.79 Å². The van der Waals surface area contributed by atoms with E-state index in [1.54, 1.807) is 29.2 Å². The lowest BCUT2D eigenvalue weighted by Gasteiger charge is -2.23. The third-order valence-electron chi connectivity index (χ3n) is 4.76. The quantitative estimate of drug-likeness (QED) is 0.331. The number of ether oxygens (including phenoxy) is 1. The molecule has 0 radical (unpaired) electrons. The van der Waals surface area contributed by atoms with E-state index in [0.29, 0.717) is 23.7 Å². The number of esters is 1. The van der Waals surface area contributed by atoms with Crippen molar-refractivity contribution in [1.29, 1.82) is 0 Å². The Morgan fingerprint density at radius 2 is 1.27 bits per heavy atom. The minimum absolute atomic E-state index is 0.163. The zero-order chi connectivity index (χ0) is 21.3. The fraction of sp³-hybridized carbons (Fsp3) is 0.231. The van der Waals surface area contributed by atoms with Crippen molar-refractivity contribution in [3.63, 3.8) is 0 Å². The van der Waals surface area contributed by atoms with Gasteiger partial charge < -0.3 is 4.74 Å². The zero-order valence-corrected chi connectivity index (χ0v) is 17.5. The van der Waals surface area contributed by atoms with E-state index in [0.717, 1.165) is 24.2 Å². The number of nitrogens with zero attached hydrogens (tertiary/aromatic N) is 1. The van der Waals surface area contributed by atoms with Crippen molar-refractivity contribution in [3.05, 3.63) is 96.1 Å². The molecule has 0 aliphatic rings. The van der Waals surface area contributed by atoms with E-state index in [1.807, 2.05) is 60.7 Å². The van der Waals surface area contributed by atoms with Gasteiger partial charge in [-0.15, -0.1) is 0 Å². The Kier molecular flexibility index (Phi) is 7.39. The summed E-state index contributed by atoms with van der Waals surface area (Å²) in [7, 11) is 0. The van der Waals surface area contributed by atoms with E-state index >= 15 is 0 Å². The van der Waals surface area contributed by atoms with Crippen molar-refractivity contribution in [3.8, 4) is 0 Å². The SMILES string of the molecule is CC(C)CCCOC(=O)c1ccc(C(=O)N(c2ccccc2)c2ccccc2)cc1. The summed E-state index contributed by atoms with van der Waals surface area (Å²) in [4.78, 5) is 27.2. The molecular formula is C26H27NO3. The number of carbonyl (C=O) groups is 2. The number of rotatable bonds is 8. The Morgan fingerprint density at radius 3 is 1.77 bits per heavy atom. The number of benzene rings is 3. The van der Waals surface area contributed by atoms with Gasteiger partial charge in [-0.3, -0.25) is 9.69 Å². The molecule has 3 aromatic carbocycles. The van der Waals surface area contributed by atoms with Gasteiger partial charge in [0.15, 0.2) is 0 Å². The number of hydrogen-bond acceptors (Lipinski definition) is 3. The van der Waals surface area contributed by atoms with E-state index in [9.17, 15) is 9.59 Å². The Balaban J connectivity index is 1.75. The predicted molar refractivity (Wildman–Crippen MR) is 120 cm³/mol. The third kappa shape index (κ3) is 5.57. The molecule has 30 heavy (non-hydrogen) atoms. The average Bonchev–Trinajstić information content (AvgIpc) is 2.78. The van der Waals surface area contributed by atoms with Crippen LogP contribution in [0.1, 0.15) is 47.4 Å². The summed E-state index contributed by atoms with van der Waals surface area (Å²) >= 11 is 0. The van der Waals surface area contributed by atoms with Crippen LogP contribution in [-0.2, 0) is 4.74 Å². The standard InChI is InChI=1S/C26H27NO3/c1-20(2)10-9-19-30-26(29)22-17-15-21(16-18-22)25(28)27(23-11-5-3-6-12-23)24-13-7-4-8-14-24/h3-8,11-18,20H,9-10,19H2,1-2H3. The number of carbonyl (C=O) groups excluding carboxylic acids is 2. The Morgan fingerprint density at radius 1 is 0.767 bits per heavy atom. The predicted octanol–water partition coefficient (Wildman–Crippen LogP) is 6.26. The molecule has 4 nitrogen and oxygen atoms in total. The van der Waals surface area contributed by atoms with Crippen molar-refractivity contribution in [1.82, 2.24) is 0 Å². The molecule has 0 saturated heterocycles. The molecule has 0 aliphatic carbocycles. The molecule has 0 fully saturated rings. The number of amides is 1. The molecule has 0 aromatic heterocycles. The molecule has 0 aliphatic heterocycles. The van der Waals surface area contributed by atoms with Crippen molar-refractivity contribution >= 4 is 23.3 Å². The van der Waals surface area contributed by atoms with E-state index in [2.05, 4.69) is 13.8 Å². The minimum atomic E-state index is -0.360. The van der Waals surface area contributed by atoms with Crippen LogP contribution < -0.4 is 4.90 Å². The van der Waals surface area contributed by atoms with Crippen LogP contribution in [0, 0.1) is 5.92 Å². The molecule has 1 amide bonds. The first-order chi connectivity index (χ1) is 14.6. The summed E-state index contributed by atoms with van der Waals surface area (Å²) in [6.45, 7) is 4.70. The van der Waals surface area contributed by atoms with E-state index in [4.69, 9.17) is 4.74 Å². The molecule has 0 atom stereocenters. The Labute approximate surface area is 178 Å². The summed E-state index contributed by atoms with van der Waals surface area (Å²) < 4.78 is 5.33. The molecular weight excluding hydrogens is 374 g/mol. The number of hydrogen-bond donors (Lipinski definition) is 0. The summed E-state index contributed by atoms with van der Waals surface area (Å²) in [5.41, 5.74) is 2.51. The molecule has 0 spiro atoms. The second kappa shape index (κ2) is 10.4. The highest BCUT2D eigenvalue weighted by Gasteiger charge is 2.20. The molecule has 4 heteroatoms. The van der Waals surface area contributed by atoms with Gasteiger partial charge in [-0.2, -0.15) is 0 Å². The fourth-order valence-electron chi connectivity index (χ4n) is 3.16. The van der Waals surface area contributed by atoms with Gasteiger partial charge in [0.25, 0.3) is 5.91 Å². The summed E-state index contributed by atoms with van der Waals surface area (Å²) in [6.07, 6.45) is 1.87. The topological polar surface area (TPSA) is 46.6 Å². The third-order valence-corrected chi connectivity index (χ3v) is 4.76. The number of anilines is 2. The van der Waals surface area contributed by atoms with Crippen molar-refractivity contribution in [2.45, 2.75) is 26.7 Å². The Bertz CT molecular complexity index is 911. The minimum Gasteiger partial charge on any atom is -0.462 e. The molecule has 0 saturated carbocycles. The molecule has 0 heterocycles. The molecule has 0 N–H and O–H groups in total. The van der Waals surface area contributed by atoms with Crippen LogP contribution >= 0.6 is 0 Å².